The molecule has 0 saturated heterocycles. The van der Waals surface area contributed by atoms with Gasteiger partial charge in [0.15, 0.2) is 5.78 Å². The summed E-state index contributed by atoms with van der Waals surface area (Å²) in [7, 11) is 0. The predicted molar refractivity (Wildman–Crippen MR) is 97.8 cm³/mol. The van der Waals surface area contributed by atoms with Gasteiger partial charge in [0.1, 0.15) is 0 Å². The number of carbonyl (C=O) groups is 1. The van der Waals surface area contributed by atoms with E-state index < -0.39 is 0 Å². The van der Waals surface area contributed by atoms with E-state index in [9.17, 15) is 4.79 Å². The molecule has 0 atom stereocenters. The van der Waals surface area contributed by atoms with Crippen molar-refractivity contribution in [3.63, 3.8) is 0 Å². The van der Waals surface area contributed by atoms with Crippen LogP contribution in [-0.4, -0.2) is 15.9 Å². The molecule has 0 aliphatic rings. The van der Waals surface area contributed by atoms with Gasteiger partial charge in [0, 0.05) is 43.6 Å². The number of rotatable bonds is 2. The summed E-state index contributed by atoms with van der Waals surface area (Å²) in [6, 6.07) is 20.8. The summed E-state index contributed by atoms with van der Waals surface area (Å²) in [4.78, 5) is 14.3. The van der Waals surface area contributed by atoms with E-state index in [1.54, 1.807) is 18.3 Å². The Labute approximate surface area is 166 Å². The number of nitrogens with zero attached hydrogens (tertiary/aromatic N) is 2. The molecule has 2 aromatic carbocycles. The maximum atomic E-state index is 10.0. The van der Waals surface area contributed by atoms with Gasteiger partial charge in [-0.05, 0) is 19.9 Å². The first-order valence-corrected chi connectivity index (χ1v) is 7.65. The summed E-state index contributed by atoms with van der Waals surface area (Å²) in [5.74, 6) is -0.0625. The van der Waals surface area contributed by atoms with Crippen LogP contribution in [0, 0.1) is 17.4 Å². The van der Waals surface area contributed by atoms with Crippen molar-refractivity contribution >= 4 is 16.6 Å². The molecule has 0 fully saturated rings. The number of hydrogen-bond acceptors (Lipinski definition) is 4. The van der Waals surface area contributed by atoms with Crippen molar-refractivity contribution < 1.29 is 30.0 Å². The number of aliphatic hydroxyl groups excluding tert-OH is 1. The average molecular weight is 522 g/mol. The largest absolute Gasteiger partial charge is 0.512 e. The van der Waals surface area contributed by atoms with Crippen molar-refractivity contribution in [3.8, 4) is 17.3 Å². The Balaban J connectivity index is 0.000000366. The van der Waals surface area contributed by atoms with E-state index in [4.69, 9.17) is 10.4 Å². The molecule has 1 heterocycles. The fraction of sp³-hybridized carbons (Fsp3) is 0.0952. The molecule has 26 heavy (non-hydrogen) atoms. The predicted octanol–water partition coefficient (Wildman–Crippen LogP) is 4.61. The van der Waals surface area contributed by atoms with Crippen LogP contribution in [-0.2, 0) is 24.9 Å². The zero-order valence-electron chi connectivity index (χ0n) is 14.4. The third-order valence-corrected chi connectivity index (χ3v) is 3.30. The average Bonchev–Trinajstić information content (AvgIpc) is 2.60. The number of aromatic nitrogens is 1. The molecule has 3 rings (SSSR count). The van der Waals surface area contributed by atoms with Gasteiger partial charge in [-0.25, -0.2) is 0 Å². The van der Waals surface area contributed by atoms with Crippen molar-refractivity contribution in [2.75, 3.05) is 0 Å². The Morgan fingerprint density at radius 1 is 1.19 bits per heavy atom. The van der Waals surface area contributed by atoms with Crippen LogP contribution >= 0.6 is 0 Å². The molecule has 3 aromatic rings. The van der Waals surface area contributed by atoms with Crippen molar-refractivity contribution in [1.29, 1.82) is 5.26 Å². The molecule has 0 bridgehead atoms. The molecule has 1 aromatic heterocycles. The van der Waals surface area contributed by atoms with Crippen LogP contribution in [0.2, 0.25) is 0 Å². The topological polar surface area (TPSA) is 74.0 Å². The molecule has 133 valence electrons. The van der Waals surface area contributed by atoms with Crippen LogP contribution in [0.5, 0.6) is 0 Å². The zero-order chi connectivity index (χ0) is 18.2. The van der Waals surface area contributed by atoms with Gasteiger partial charge >= 0.3 is 0 Å². The second-order valence-corrected chi connectivity index (χ2v) is 5.35. The van der Waals surface area contributed by atoms with Crippen LogP contribution in [0.4, 0.5) is 0 Å². The van der Waals surface area contributed by atoms with Crippen LogP contribution in [0.3, 0.4) is 0 Å². The minimum absolute atomic E-state index is 0. The first kappa shape index (κ1) is 21.2. The van der Waals surface area contributed by atoms with E-state index in [0.717, 1.165) is 16.3 Å². The van der Waals surface area contributed by atoms with Crippen LogP contribution in [0.25, 0.3) is 22.0 Å². The van der Waals surface area contributed by atoms with Gasteiger partial charge < -0.3 is 10.1 Å². The Morgan fingerprint density at radius 2 is 1.92 bits per heavy atom. The number of pyridine rings is 1. The van der Waals surface area contributed by atoms with Gasteiger partial charge in [-0.2, -0.15) is 5.26 Å². The Kier molecular flexibility index (Phi) is 8.37. The summed E-state index contributed by atoms with van der Waals surface area (Å²) in [5.41, 5.74) is 2.15. The molecule has 0 unspecified atom stereocenters. The van der Waals surface area contributed by atoms with E-state index in [2.05, 4.69) is 17.1 Å². The van der Waals surface area contributed by atoms with Gasteiger partial charge in [0.05, 0.1) is 11.8 Å². The number of fused-ring (bicyclic) bond motifs is 1. The molecule has 5 heteroatoms. The van der Waals surface area contributed by atoms with E-state index in [0.29, 0.717) is 11.3 Å². The summed E-state index contributed by atoms with van der Waals surface area (Å²) >= 11 is 0. The number of nitriles is 1. The van der Waals surface area contributed by atoms with Crippen molar-refractivity contribution in [2.24, 2.45) is 0 Å². The van der Waals surface area contributed by atoms with Gasteiger partial charge in [-0.3, -0.25) is 4.79 Å². The van der Waals surface area contributed by atoms with Crippen LogP contribution in [0.1, 0.15) is 19.4 Å². The Bertz CT molecular complexity index is 966. The minimum atomic E-state index is -0.125. The summed E-state index contributed by atoms with van der Waals surface area (Å²) in [5, 5.41) is 19.7. The molecular weight excluding hydrogens is 504 g/mol. The number of carbonyl (C=O) groups excluding carboxylic acids is 1. The molecule has 0 saturated carbocycles. The first-order chi connectivity index (χ1) is 12.0. The smallest absolute Gasteiger partial charge is 0.155 e. The normalized spacial score (nSPS) is 10.1. The third-order valence-electron chi connectivity index (χ3n) is 3.30. The van der Waals surface area contributed by atoms with Crippen molar-refractivity contribution in [3.05, 3.63) is 78.2 Å². The number of ketones is 1. The minimum Gasteiger partial charge on any atom is -0.512 e. The summed E-state index contributed by atoms with van der Waals surface area (Å²) in [6.45, 7) is 2.85. The van der Waals surface area contributed by atoms with Gasteiger partial charge in [-0.15, -0.1) is 29.1 Å². The number of aliphatic hydroxyl groups is 1. The fourth-order valence-electron chi connectivity index (χ4n) is 2.35. The Hall–Kier alpha value is -2.80. The van der Waals surface area contributed by atoms with Gasteiger partial charge in [-0.1, -0.05) is 35.7 Å². The molecule has 4 nitrogen and oxygen atoms in total. The maximum Gasteiger partial charge on any atom is 0.155 e. The number of allylic oxidation sites excluding steroid dienone is 2. The zero-order valence-corrected chi connectivity index (χ0v) is 16.8. The van der Waals surface area contributed by atoms with Gasteiger partial charge in [0.2, 0.25) is 0 Å². The van der Waals surface area contributed by atoms with E-state index >= 15 is 0 Å². The maximum absolute atomic E-state index is 10.0. The summed E-state index contributed by atoms with van der Waals surface area (Å²) in [6.07, 6.45) is 2.87. The number of benzene rings is 2. The standard InChI is InChI=1S/C16H9N2.C5H8O2.Ir/c17-11-13-7-4-10-18-16(13)15-9-3-6-12-5-1-2-8-14(12)15;1-4(6)3-5(2)7;/h1-8,10H;3,6H,1-2H3;/q-1;;/b;4-3-;. The molecule has 1 radical (unpaired) electrons. The molecule has 0 aliphatic heterocycles. The third kappa shape index (κ3) is 5.63. The number of hydrogen-bond donors (Lipinski definition) is 1. The fourth-order valence-corrected chi connectivity index (χ4v) is 2.35. The quantitative estimate of drug-likeness (QED) is 0.304. The second kappa shape index (κ2) is 10.2. The molecule has 0 aliphatic carbocycles. The molecule has 0 spiro atoms. The SMILES string of the molecule is CC(=O)/C=C(/C)O.N#Cc1cccnc1-c1[c-]ccc2ccccc12.[Ir]. The van der Waals surface area contributed by atoms with E-state index in [1.807, 2.05) is 36.4 Å². The molecule has 0 amide bonds. The summed E-state index contributed by atoms with van der Waals surface area (Å²) < 4.78 is 0. The first-order valence-electron chi connectivity index (χ1n) is 7.65. The molecule has 1 N–H and O–H groups in total. The van der Waals surface area contributed by atoms with E-state index in [1.165, 1.54) is 19.9 Å². The van der Waals surface area contributed by atoms with Crippen molar-refractivity contribution in [1.82, 2.24) is 4.98 Å². The molecular formula is C21H17IrN2O2-. The van der Waals surface area contributed by atoms with Gasteiger partial charge in [0.25, 0.3) is 0 Å². The second-order valence-electron chi connectivity index (χ2n) is 5.35. The van der Waals surface area contributed by atoms with E-state index in [-0.39, 0.29) is 31.6 Å². The van der Waals surface area contributed by atoms with Crippen LogP contribution < -0.4 is 0 Å². The van der Waals surface area contributed by atoms with Crippen molar-refractivity contribution in [2.45, 2.75) is 13.8 Å². The monoisotopic (exact) mass is 522 g/mol. The van der Waals surface area contributed by atoms with Crippen LogP contribution in [0.15, 0.2) is 66.6 Å². The Morgan fingerprint density at radius 3 is 2.54 bits per heavy atom.